The summed E-state index contributed by atoms with van der Waals surface area (Å²) in [7, 11) is 3.02. The van der Waals surface area contributed by atoms with Gasteiger partial charge in [-0.15, -0.1) is 5.10 Å². The predicted molar refractivity (Wildman–Crippen MR) is 137 cm³/mol. The summed E-state index contributed by atoms with van der Waals surface area (Å²) in [6, 6.07) is 17.6. The molecular weight excluding hydrogens is 477 g/mol. The molecule has 1 heterocycles. The Morgan fingerprint density at radius 1 is 1.05 bits per heavy atom. The van der Waals surface area contributed by atoms with Gasteiger partial charge in [0.05, 0.1) is 25.4 Å². The number of fused-ring (bicyclic) bond motifs is 1. The van der Waals surface area contributed by atoms with Gasteiger partial charge in [0.2, 0.25) is 11.8 Å². The minimum Gasteiger partial charge on any atom is -0.497 e. The Morgan fingerprint density at radius 2 is 1.81 bits per heavy atom. The van der Waals surface area contributed by atoms with Gasteiger partial charge in [-0.1, -0.05) is 42.5 Å². The van der Waals surface area contributed by atoms with E-state index in [9.17, 15) is 14.0 Å². The number of hydrogen-bond donors (Lipinski definition) is 1. The molecule has 0 aliphatic carbocycles. The largest absolute Gasteiger partial charge is 0.497 e. The van der Waals surface area contributed by atoms with Gasteiger partial charge in [-0.05, 0) is 36.8 Å². The first-order chi connectivity index (χ1) is 17.9. The number of rotatable bonds is 10. The van der Waals surface area contributed by atoms with Crippen LogP contribution in [0, 0.1) is 5.82 Å². The maximum absolute atomic E-state index is 14.6. The zero-order valence-electron chi connectivity index (χ0n) is 20.8. The quantitative estimate of drug-likeness (QED) is 0.349. The normalized spacial score (nSPS) is 11.7. The predicted octanol–water partition coefficient (Wildman–Crippen LogP) is 4.03. The number of para-hydroxylation sites is 1. The lowest BCUT2D eigenvalue weighted by molar-refractivity contribution is -0.140. The first kappa shape index (κ1) is 25.6. The molecule has 4 aromatic rings. The number of methoxy groups -OCH3 is 2. The van der Waals surface area contributed by atoms with E-state index < -0.39 is 23.7 Å². The molecule has 3 aromatic carbocycles. The molecule has 9 nitrogen and oxygen atoms in total. The fourth-order valence-electron chi connectivity index (χ4n) is 4.10. The summed E-state index contributed by atoms with van der Waals surface area (Å²) in [5.41, 5.74) is 2.05. The zero-order chi connectivity index (χ0) is 26.4. The monoisotopic (exact) mass is 505 g/mol. The third-order valence-corrected chi connectivity index (χ3v) is 6.06. The van der Waals surface area contributed by atoms with Crippen LogP contribution >= 0.6 is 0 Å². The van der Waals surface area contributed by atoms with E-state index in [0.29, 0.717) is 40.2 Å². The molecule has 0 radical (unpaired) electrons. The molecule has 0 spiro atoms. The van der Waals surface area contributed by atoms with Crippen LogP contribution in [0.25, 0.3) is 11.0 Å². The summed E-state index contributed by atoms with van der Waals surface area (Å²) in [6.07, 6.45) is 0.294. The third kappa shape index (κ3) is 5.69. The number of halogens is 1. The number of carbonyl (C=O) groups is 2. The number of amides is 2. The summed E-state index contributed by atoms with van der Waals surface area (Å²) < 4.78 is 26.7. The van der Waals surface area contributed by atoms with Gasteiger partial charge in [-0.25, -0.2) is 9.07 Å². The summed E-state index contributed by atoms with van der Waals surface area (Å²) >= 11 is 0. The van der Waals surface area contributed by atoms with E-state index in [1.807, 2.05) is 18.2 Å². The molecular formula is C27H28FN5O4. The molecule has 0 bridgehead atoms. The standard InChI is InChI=1S/C27H28FN5O4/c1-4-23(27(35)29-22-14-13-19(36-2)15-25(22)37-3)32(16-18-9-5-6-10-20(18)28)26(34)17-33-24-12-8-7-11-21(24)30-31-33/h5-15,23H,4,16-17H2,1-3H3,(H,29,35). The smallest absolute Gasteiger partial charge is 0.247 e. The van der Waals surface area contributed by atoms with Gasteiger partial charge in [0.25, 0.3) is 0 Å². The third-order valence-electron chi connectivity index (χ3n) is 6.06. The number of benzene rings is 3. The number of aromatic nitrogens is 3. The Bertz CT molecular complexity index is 1410. The van der Waals surface area contributed by atoms with E-state index in [-0.39, 0.29) is 13.1 Å². The van der Waals surface area contributed by atoms with Crippen molar-refractivity contribution in [3.63, 3.8) is 0 Å². The number of nitrogens with zero attached hydrogens (tertiary/aromatic N) is 4. The van der Waals surface area contributed by atoms with Crippen LogP contribution in [-0.2, 0) is 22.7 Å². The van der Waals surface area contributed by atoms with E-state index in [2.05, 4.69) is 15.6 Å². The molecule has 10 heteroatoms. The Kier molecular flexibility index (Phi) is 7.97. The molecule has 1 unspecified atom stereocenters. The second kappa shape index (κ2) is 11.5. The van der Waals surface area contributed by atoms with E-state index >= 15 is 0 Å². The molecule has 1 aromatic heterocycles. The van der Waals surface area contributed by atoms with Crippen molar-refractivity contribution in [2.75, 3.05) is 19.5 Å². The summed E-state index contributed by atoms with van der Waals surface area (Å²) in [4.78, 5) is 28.5. The highest BCUT2D eigenvalue weighted by Gasteiger charge is 2.30. The number of ether oxygens (including phenoxy) is 2. The van der Waals surface area contributed by atoms with Gasteiger partial charge < -0.3 is 19.7 Å². The highest BCUT2D eigenvalue weighted by atomic mass is 19.1. The van der Waals surface area contributed by atoms with E-state index in [1.54, 1.807) is 49.4 Å². The molecule has 2 amide bonds. The minimum absolute atomic E-state index is 0.0934. The van der Waals surface area contributed by atoms with Crippen LogP contribution in [0.4, 0.5) is 10.1 Å². The van der Waals surface area contributed by atoms with Gasteiger partial charge >= 0.3 is 0 Å². The maximum Gasteiger partial charge on any atom is 0.247 e. The Balaban J connectivity index is 1.64. The van der Waals surface area contributed by atoms with Crippen LogP contribution in [0.3, 0.4) is 0 Å². The van der Waals surface area contributed by atoms with Crippen LogP contribution in [0.2, 0.25) is 0 Å². The van der Waals surface area contributed by atoms with Crippen molar-refractivity contribution in [2.24, 2.45) is 0 Å². The fraction of sp³-hybridized carbons (Fsp3) is 0.259. The number of nitrogens with one attached hydrogen (secondary N) is 1. The van der Waals surface area contributed by atoms with Crippen LogP contribution in [0.15, 0.2) is 66.7 Å². The zero-order valence-corrected chi connectivity index (χ0v) is 20.8. The summed E-state index contributed by atoms with van der Waals surface area (Å²) in [5, 5.41) is 11.0. The van der Waals surface area contributed by atoms with Gasteiger partial charge in [0.1, 0.15) is 35.4 Å². The fourth-order valence-corrected chi connectivity index (χ4v) is 4.10. The van der Waals surface area contributed by atoms with Gasteiger partial charge in [0, 0.05) is 18.2 Å². The summed E-state index contributed by atoms with van der Waals surface area (Å²) in [6.45, 7) is 1.54. The van der Waals surface area contributed by atoms with Crippen LogP contribution in [0.5, 0.6) is 11.5 Å². The highest BCUT2D eigenvalue weighted by molar-refractivity contribution is 5.98. The van der Waals surface area contributed by atoms with Crippen molar-refractivity contribution in [3.8, 4) is 11.5 Å². The number of hydrogen-bond acceptors (Lipinski definition) is 6. The van der Waals surface area contributed by atoms with Crippen molar-refractivity contribution in [1.82, 2.24) is 19.9 Å². The first-order valence-corrected chi connectivity index (χ1v) is 11.8. The number of carbonyl (C=O) groups excluding carboxylic acids is 2. The van der Waals surface area contributed by atoms with Crippen molar-refractivity contribution >= 4 is 28.5 Å². The van der Waals surface area contributed by atoms with E-state index in [0.717, 1.165) is 0 Å². The van der Waals surface area contributed by atoms with E-state index in [4.69, 9.17) is 9.47 Å². The van der Waals surface area contributed by atoms with Gasteiger partial charge in [-0.3, -0.25) is 9.59 Å². The molecule has 0 aliphatic rings. The molecule has 37 heavy (non-hydrogen) atoms. The molecule has 192 valence electrons. The average Bonchev–Trinajstić information content (AvgIpc) is 3.32. The molecule has 1 N–H and O–H groups in total. The first-order valence-electron chi connectivity index (χ1n) is 11.8. The Morgan fingerprint density at radius 3 is 2.54 bits per heavy atom. The molecule has 1 atom stereocenters. The minimum atomic E-state index is -0.895. The van der Waals surface area contributed by atoms with Crippen LogP contribution in [-0.4, -0.2) is 52.0 Å². The molecule has 4 rings (SSSR count). The highest BCUT2D eigenvalue weighted by Crippen LogP contribution is 2.29. The topological polar surface area (TPSA) is 98.6 Å². The van der Waals surface area contributed by atoms with Crippen molar-refractivity contribution < 1.29 is 23.5 Å². The molecule has 0 saturated carbocycles. The van der Waals surface area contributed by atoms with Crippen LogP contribution in [0.1, 0.15) is 18.9 Å². The molecule has 0 fully saturated rings. The number of anilines is 1. The van der Waals surface area contributed by atoms with Crippen molar-refractivity contribution in [2.45, 2.75) is 32.5 Å². The van der Waals surface area contributed by atoms with E-state index in [1.165, 1.54) is 29.9 Å². The molecule has 0 saturated heterocycles. The lowest BCUT2D eigenvalue weighted by atomic mass is 10.1. The molecule has 0 aliphatic heterocycles. The Labute approximate surface area is 213 Å². The Hall–Kier alpha value is -4.47. The lowest BCUT2D eigenvalue weighted by Gasteiger charge is -2.31. The lowest BCUT2D eigenvalue weighted by Crippen LogP contribution is -2.48. The van der Waals surface area contributed by atoms with Gasteiger partial charge in [-0.2, -0.15) is 0 Å². The second-order valence-corrected chi connectivity index (χ2v) is 8.33. The second-order valence-electron chi connectivity index (χ2n) is 8.33. The van der Waals surface area contributed by atoms with Gasteiger partial charge in [0.15, 0.2) is 0 Å². The average molecular weight is 506 g/mol. The van der Waals surface area contributed by atoms with Crippen molar-refractivity contribution in [1.29, 1.82) is 0 Å². The van der Waals surface area contributed by atoms with Crippen LogP contribution < -0.4 is 14.8 Å². The van der Waals surface area contributed by atoms with Crippen molar-refractivity contribution in [3.05, 3.63) is 78.1 Å². The summed E-state index contributed by atoms with van der Waals surface area (Å²) in [5.74, 6) is -0.317. The SMILES string of the molecule is CCC(C(=O)Nc1ccc(OC)cc1OC)N(Cc1ccccc1F)C(=O)Cn1nnc2ccccc21. The maximum atomic E-state index is 14.6.